The van der Waals surface area contributed by atoms with E-state index in [0.717, 1.165) is 18.8 Å². The van der Waals surface area contributed by atoms with E-state index in [1.165, 1.54) is 58.5 Å². The summed E-state index contributed by atoms with van der Waals surface area (Å²) in [5.74, 6) is 0.916. The second kappa shape index (κ2) is 10.7. The van der Waals surface area contributed by atoms with Gasteiger partial charge in [-0.1, -0.05) is 41.0 Å². The van der Waals surface area contributed by atoms with Crippen molar-refractivity contribution in [3.05, 3.63) is 0 Å². The molecule has 1 N–H and O–H groups in total. The van der Waals surface area contributed by atoms with Crippen LogP contribution in [-0.4, -0.2) is 60.4 Å². The molecular weight excluding hydrogens is 288 g/mol. The first-order valence-electron chi connectivity index (χ1n) is 9.89. The van der Waals surface area contributed by atoms with E-state index >= 15 is 0 Å². The first-order valence-corrected chi connectivity index (χ1v) is 9.89. The minimum Gasteiger partial charge on any atom is -0.303 e. The standard InChI is InChI=1S/C14H26N2O2.C3H8.C2H6/c1-2-15-7-12(8-15)9-16-10-14(11-16)5-3-13(18-17)4-6-14;1-3-2;1-2/h12-13,17H,2-11H2,1H3;3H2,1-2H3;1-2H3. The van der Waals surface area contributed by atoms with Gasteiger partial charge in [0, 0.05) is 32.7 Å². The summed E-state index contributed by atoms with van der Waals surface area (Å²) >= 11 is 0. The van der Waals surface area contributed by atoms with Crippen molar-refractivity contribution in [3.8, 4) is 0 Å². The Morgan fingerprint density at radius 2 is 1.52 bits per heavy atom. The summed E-state index contributed by atoms with van der Waals surface area (Å²) < 4.78 is 0. The molecule has 1 aliphatic carbocycles. The Labute approximate surface area is 144 Å². The van der Waals surface area contributed by atoms with Crippen molar-refractivity contribution in [2.45, 2.75) is 72.8 Å². The van der Waals surface area contributed by atoms with Crippen LogP contribution in [0.1, 0.15) is 66.7 Å². The predicted octanol–water partition coefficient (Wildman–Crippen LogP) is 4.11. The van der Waals surface area contributed by atoms with Gasteiger partial charge in [0.25, 0.3) is 0 Å². The summed E-state index contributed by atoms with van der Waals surface area (Å²) in [6.07, 6.45) is 5.91. The van der Waals surface area contributed by atoms with E-state index in [-0.39, 0.29) is 6.10 Å². The number of nitrogens with zero attached hydrogens (tertiary/aromatic N) is 2. The molecule has 0 amide bonds. The van der Waals surface area contributed by atoms with Crippen LogP contribution < -0.4 is 0 Å². The Hall–Kier alpha value is -0.160. The van der Waals surface area contributed by atoms with Crippen molar-refractivity contribution >= 4 is 0 Å². The number of likely N-dealkylation sites (tertiary alicyclic amines) is 2. The maximum absolute atomic E-state index is 8.70. The van der Waals surface area contributed by atoms with Gasteiger partial charge in [0.15, 0.2) is 0 Å². The third-order valence-corrected chi connectivity index (χ3v) is 5.26. The van der Waals surface area contributed by atoms with E-state index in [0.29, 0.717) is 5.41 Å². The van der Waals surface area contributed by atoms with Gasteiger partial charge < -0.3 is 9.80 Å². The molecule has 0 unspecified atom stereocenters. The zero-order valence-electron chi connectivity index (χ0n) is 16.2. The molecule has 0 radical (unpaired) electrons. The molecule has 23 heavy (non-hydrogen) atoms. The normalized spacial score (nSPS) is 24.8. The van der Waals surface area contributed by atoms with Gasteiger partial charge in [-0.05, 0) is 43.6 Å². The van der Waals surface area contributed by atoms with Crippen LogP contribution in [0.3, 0.4) is 0 Å². The molecular formula is C19H40N2O2. The molecule has 3 aliphatic rings. The van der Waals surface area contributed by atoms with Crippen LogP contribution in [0.15, 0.2) is 0 Å². The summed E-state index contributed by atoms with van der Waals surface area (Å²) in [4.78, 5) is 9.63. The molecule has 0 bridgehead atoms. The fourth-order valence-electron chi connectivity index (χ4n) is 4.07. The molecule has 138 valence electrons. The van der Waals surface area contributed by atoms with Crippen molar-refractivity contribution in [2.75, 3.05) is 39.3 Å². The van der Waals surface area contributed by atoms with Crippen LogP contribution in [0, 0.1) is 11.3 Å². The second-order valence-electron chi connectivity index (χ2n) is 7.40. The average Bonchev–Trinajstić information content (AvgIpc) is 2.52. The van der Waals surface area contributed by atoms with E-state index in [9.17, 15) is 0 Å². The fourth-order valence-corrected chi connectivity index (χ4v) is 4.07. The van der Waals surface area contributed by atoms with Crippen LogP contribution in [0.2, 0.25) is 0 Å². The summed E-state index contributed by atoms with van der Waals surface area (Å²) in [5.41, 5.74) is 0.573. The Morgan fingerprint density at radius 1 is 1.00 bits per heavy atom. The van der Waals surface area contributed by atoms with Crippen molar-refractivity contribution < 1.29 is 10.1 Å². The summed E-state index contributed by atoms with van der Waals surface area (Å²) in [5, 5.41) is 8.70. The molecule has 0 aromatic heterocycles. The molecule has 0 aromatic carbocycles. The van der Waals surface area contributed by atoms with Gasteiger partial charge in [-0.2, -0.15) is 0 Å². The maximum Gasteiger partial charge on any atom is 0.0927 e. The first-order chi connectivity index (χ1) is 11.1. The summed E-state index contributed by atoms with van der Waals surface area (Å²) in [7, 11) is 0. The average molecular weight is 329 g/mol. The van der Waals surface area contributed by atoms with Crippen molar-refractivity contribution in [1.82, 2.24) is 9.80 Å². The Bertz CT molecular complexity index is 290. The van der Waals surface area contributed by atoms with Crippen molar-refractivity contribution in [2.24, 2.45) is 11.3 Å². The number of hydrogen-bond donors (Lipinski definition) is 1. The van der Waals surface area contributed by atoms with Gasteiger partial charge in [-0.25, -0.2) is 4.89 Å². The highest BCUT2D eigenvalue weighted by atomic mass is 17.1. The summed E-state index contributed by atoms with van der Waals surface area (Å²) in [6.45, 7) is 18.2. The Kier molecular flexibility index (Phi) is 9.67. The van der Waals surface area contributed by atoms with Gasteiger partial charge in [0.05, 0.1) is 6.10 Å². The largest absolute Gasteiger partial charge is 0.303 e. The van der Waals surface area contributed by atoms with Gasteiger partial charge in [-0.3, -0.25) is 5.26 Å². The van der Waals surface area contributed by atoms with Crippen LogP contribution in [0.5, 0.6) is 0 Å². The van der Waals surface area contributed by atoms with Gasteiger partial charge in [0.2, 0.25) is 0 Å². The quantitative estimate of drug-likeness (QED) is 0.622. The van der Waals surface area contributed by atoms with E-state index in [1.54, 1.807) is 0 Å². The molecule has 1 saturated carbocycles. The second-order valence-corrected chi connectivity index (χ2v) is 7.40. The Morgan fingerprint density at radius 3 is 1.96 bits per heavy atom. The highest BCUT2D eigenvalue weighted by molar-refractivity contribution is 4.99. The lowest BCUT2D eigenvalue weighted by molar-refractivity contribution is -0.289. The Balaban J connectivity index is 0.000000477. The predicted molar refractivity (Wildman–Crippen MR) is 97.8 cm³/mol. The van der Waals surface area contributed by atoms with Gasteiger partial charge in [-0.15, -0.1) is 0 Å². The fraction of sp³-hybridized carbons (Fsp3) is 1.00. The minimum absolute atomic E-state index is 0.106. The van der Waals surface area contributed by atoms with Gasteiger partial charge in [0.1, 0.15) is 0 Å². The molecule has 4 nitrogen and oxygen atoms in total. The highest BCUT2D eigenvalue weighted by Crippen LogP contribution is 2.44. The summed E-state index contributed by atoms with van der Waals surface area (Å²) in [6, 6.07) is 0. The molecule has 2 aliphatic heterocycles. The minimum atomic E-state index is 0.106. The van der Waals surface area contributed by atoms with Crippen LogP contribution >= 0.6 is 0 Å². The monoisotopic (exact) mass is 328 g/mol. The van der Waals surface area contributed by atoms with Crippen LogP contribution in [0.25, 0.3) is 0 Å². The third kappa shape index (κ3) is 6.00. The number of hydrogen-bond acceptors (Lipinski definition) is 4. The van der Waals surface area contributed by atoms with E-state index in [2.05, 4.69) is 35.5 Å². The first kappa shape index (κ1) is 20.9. The maximum atomic E-state index is 8.70. The zero-order valence-corrected chi connectivity index (χ0v) is 16.2. The van der Waals surface area contributed by atoms with Crippen molar-refractivity contribution in [3.63, 3.8) is 0 Å². The van der Waals surface area contributed by atoms with E-state index in [4.69, 9.17) is 5.26 Å². The number of rotatable bonds is 4. The third-order valence-electron chi connectivity index (χ3n) is 5.26. The van der Waals surface area contributed by atoms with Crippen molar-refractivity contribution in [1.29, 1.82) is 0 Å². The molecule has 1 spiro atoms. The molecule has 3 rings (SSSR count). The molecule has 0 atom stereocenters. The topological polar surface area (TPSA) is 35.9 Å². The van der Waals surface area contributed by atoms with E-state index in [1.807, 2.05) is 13.8 Å². The van der Waals surface area contributed by atoms with Gasteiger partial charge >= 0.3 is 0 Å². The molecule has 2 heterocycles. The molecule has 3 fully saturated rings. The molecule has 2 saturated heterocycles. The lowest BCUT2D eigenvalue weighted by atomic mass is 9.67. The van der Waals surface area contributed by atoms with Crippen LogP contribution in [-0.2, 0) is 4.89 Å². The molecule has 0 aromatic rings. The zero-order chi connectivity index (χ0) is 17.3. The lowest BCUT2D eigenvalue weighted by Gasteiger charge is -2.55. The van der Waals surface area contributed by atoms with Crippen LogP contribution in [0.4, 0.5) is 0 Å². The highest BCUT2D eigenvalue weighted by Gasteiger charge is 2.46. The molecule has 4 heteroatoms. The lowest BCUT2D eigenvalue weighted by Crippen LogP contribution is -2.61. The van der Waals surface area contributed by atoms with E-state index < -0.39 is 0 Å². The smallest absolute Gasteiger partial charge is 0.0927 e. The SMILES string of the molecule is CC.CCC.CCN1CC(CN2CC3(CCC(OO)CC3)C2)C1.